The number of unbranched alkanes of at least 4 members (excludes halogenated alkanes) is 1. The zero-order chi connectivity index (χ0) is 23.9. The van der Waals surface area contributed by atoms with E-state index in [1.54, 1.807) is 6.07 Å². The summed E-state index contributed by atoms with van der Waals surface area (Å²) in [6, 6.07) is 16.9. The van der Waals surface area contributed by atoms with Crippen LogP contribution in [-0.2, 0) is 6.42 Å². The molecular weight excluding hydrogens is 427 g/mol. The standard InChI is InChI=1S/C28H35FN4O/c1-3-4-13-24(34)20-32-15-17-33(18-16-32)28-25(19-23-12-8-9-14-26(23)29)21(2)30-27(31-28)22-10-6-5-7-11-22/h5-12,14,24,34H,3-4,13,15-20H2,1-2H3/t24-/m1/s1. The van der Waals surface area contributed by atoms with Crippen molar-refractivity contribution in [2.24, 2.45) is 0 Å². The molecular formula is C28H35FN4O. The molecule has 1 N–H and O–H groups in total. The normalized spacial score (nSPS) is 15.5. The Morgan fingerprint density at radius 3 is 2.38 bits per heavy atom. The molecule has 4 rings (SSSR count). The molecule has 34 heavy (non-hydrogen) atoms. The van der Waals surface area contributed by atoms with Gasteiger partial charge in [-0.3, -0.25) is 4.90 Å². The Labute approximate surface area is 202 Å². The van der Waals surface area contributed by atoms with Gasteiger partial charge in [-0.2, -0.15) is 0 Å². The van der Waals surface area contributed by atoms with Crippen LogP contribution in [0.5, 0.6) is 0 Å². The first-order valence-corrected chi connectivity index (χ1v) is 12.4. The third kappa shape index (κ3) is 5.99. The lowest BCUT2D eigenvalue weighted by Crippen LogP contribution is -2.49. The van der Waals surface area contributed by atoms with Gasteiger partial charge in [0.2, 0.25) is 0 Å². The van der Waals surface area contributed by atoms with E-state index >= 15 is 0 Å². The highest BCUT2D eigenvalue weighted by molar-refractivity contribution is 5.61. The van der Waals surface area contributed by atoms with Crippen LogP contribution in [0, 0.1) is 12.7 Å². The summed E-state index contributed by atoms with van der Waals surface area (Å²) in [5, 5.41) is 10.3. The third-order valence-electron chi connectivity index (χ3n) is 6.58. The summed E-state index contributed by atoms with van der Waals surface area (Å²) in [6.07, 6.45) is 3.21. The fraction of sp³-hybridized carbons (Fsp3) is 0.429. The van der Waals surface area contributed by atoms with Crippen LogP contribution in [0.2, 0.25) is 0 Å². The first-order valence-electron chi connectivity index (χ1n) is 12.4. The van der Waals surface area contributed by atoms with E-state index in [1.807, 2.05) is 49.4 Å². The van der Waals surface area contributed by atoms with Gasteiger partial charge in [-0.25, -0.2) is 14.4 Å². The Kier molecular flexibility index (Phi) is 8.25. The Balaban J connectivity index is 1.59. The van der Waals surface area contributed by atoms with Crippen LogP contribution in [0.1, 0.15) is 43.0 Å². The lowest BCUT2D eigenvalue weighted by atomic mass is 10.0. The van der Waals surface area contributed by atoms with Crippen LogP contribution < -0.4 is 4.90 Å². The maximum absolute atomic E-state index is 14.5. The second kappa shape index (κ2) is 11.5. The van der Waals surface area contributed by atoms with E-state index in [9.17, 15) is 9.50 Å². The largest absolute Gasteiger partial charge is 0.392 e. The zero-order valence-corrected chi connectivity index (χ0v) is 20.3. The van der Waals surface area contributed by atoms with Crippen molar-refractivity contribution in [2.75, 3.05) is 37.6 Å². The number of piperazine rings is 1. The van der Waals surface area contributed by atoms with Crippen LogP contribution in [0.15, 0.2) is 54.6 Å². The number of aromatic nitrogens is 2. The van der Waals surface area contributed by atoms with Gasteiger partial charge >= 0.3 is 0 Å². The molecule has 2 aromatic carbocycles. The zero-order valence-electron chi connectivity index (χ0n) is 20.3. The van der Waals surface area contributed by atoms with Gasteiger partial charge in [0.15, 0.2) is 5.82 Å². The van der Waals surface area contributed by atoms with Gasteiger partial charge < -0.3 is 10.0 Å². The average molecular weight is 463 g/mol. The molecule has 2 heterocycles. The maximum Gasteiger partial charge on any atom is 0.161 e. The fourth-order valence-electron chi connectivity index (χ4n) is 4.57. The van der Waals surface area contributed by atoms with Crippen molar-refractivity contribution in [1.29, 1.82) is 0 Å². The molecule has 0 unspecified atom stereocenters. The predicted molar refractivity (Wildman–Crippen MR) is 136 cm³/mol. The molecule has 180 valence electrons. The number of halogens is 1. The highest BCUT2D eigenvalue weighted by Crippen LogP contribution is 2.29. The molecule has 0 amide bonds. The van der Waals surface area contributed by atoms with E-state index in [0.29, 0.717) is 24.4 Å². The molecule has 1 aliphatic heterocycles. The number of hydrogen-bond donors (Lipinski definition) is 1. The Morgan fingerprint density at radius 2 is 1.68 bits per heavy atom. The molecule has 0 saturated carbocycles. The first-order chi connectivity index (χ1) is 16.5. The summed E-state index contributed by atoms with van der Waals surface area (Å²) in [7, 11) is 0. The molecule has 6 heteroatoms. The van der Waals surface area contributed by atoms with Gasteiger partial charge in [-0.15, -0.1) is 0 Å². The number of anilines is 1. The minimum atomic E-state index is -0.269. The van der Waals surface area contributed by atoms with E-state index in [2.05, 4.69) is 16.7 Å². The number of nitrogens with zero attached hydrogens (tertiary/aromatic N) is 4. The van der Waals surface area contributed by atoms with Crippen molar-refractivity contribution in [3.05, 3.63) is 77.2 Å². The van der Waals surface area contributed by atoms with E-state index in [4.69, 9.17) is 9.97 Å². The van der Waals surface area contributed by atoms with Crippen molar-refractivity contribution in [3.63, 3.8) is 0 Å². The number of hydrogen-bond acceptors (Lipinski definition) is 5. The highest BCUT2D eigenvalue weighted by Gasteiger charge is 2.24. The molecule has 3 aromatic rings. The van der Waals surface area contributed by atoms with Gasteiger partial charge in [-0.1, -0.05) is 68.3 Å². The molecule has 0 spiro atoms. The maximum atomic E-state index is 14.5. The smallest absolute Gasteiger partial charge is 0.161 e. The van der Waals surface area contributed by atoms with Crippen molar-refractivity contribution < 1.29 is 9.50 Å². The summed E-state index contributed by atoms with van der Waals surface area (Å²) in [5.41, 5.74) is 3.48. The number of aryl methyl sites for hydroxylation is 1. The monoisotopic (exact) mass is 462 g/mol. The fourth-order valence-corrected chi connectivity index (χ4v) is 4.57. The van der Waals surface area contributed by atoms with Crippen molar-refractivity contribution in [3.8, 4) is 11.4 Å². The van der Waals surface area contributed by atoms with Crippen molar-refractivity contribution in [2.45, 2.75) is 45.6 Å². The number of aliphatic hydroxyl groups is 1. The SMILES string of the molecule is CCCC[C@@H](O)CN1CCN(c2nc(-c3ccccc3)nc(C)c2Cc2ccccc2F)CC1. The van der Waals surface area contributed by atoms with Crippen LogP contribution in [0.4, 0.5) is 10.2 Å². The average Bonchev–Trinajstić information content (AvgIpc) is 2.86. The van der Waals surface area contributed by atoms with Crippen LogP contribution in [0.3, 0.4) is 0 Å². The summed E-state index contributed by atoms with van der Waals surface area (Å²) in [4.78, 5) is 14.4. The quantitative estimate of drug-likeness (QED) is 0.492. The van der Waals surface area contributed by atoms with Gasteiger partial charge in [0.1, 0.15) is 11.6 Å². The minimum absolute atomic E-state index is 0.203. The molecule has 0 aliphatic carbocycles. The number of rotatable bonds is 9. The summed E-state index contributed by atoms with van der Waals surface area (Å²) in [5.74, 6) is 1.38. The lowest BCUT2D eigenvalue weighted by molar-refractivity contribution is 0.100. The van der Waals surface area contributed by atoms with E-state index in [-0.39, 0.29) is 11.9 Å². The summed E-state index contributed by atoms with van der Waals surface area (Å²) < 4.78 is 14.5. The molecule has 5 nitrogen and oxygen atoms in total. The molecule has 1 fully saturated rings. The van der Waals surface area contributed by atoms with Crippen molar-refractivity contribution >= 4 is 5.82 Å². The topological polar surface area (TPSA) is 52.5 Å². The highest BCUT2D eigenvalue weighted by atomic mass is 19.1. The van der Waals surface area contributed by atoms with Crippen molar-refractivity contribution in [1.82, 2.24) is 14.9 Å². The Bertz CT molecular complexity index is 1070. The number of aliphatic hydroxyl groups excluding tert-OH is 1. The third-order valence-corrected chi connectivity index (χ3v) is 6.58. The van der Waals surface area contributed by atoms with Gasteiger partial charge in [0.25, 0.3) is 0 Å². The molecule has 1 aliphatic rings. The minimum Gasteiger partial charge on any atom is -0.392 e. The molecule has 0 radical (unpaired) electrons. The first kappa shape index (κ1) is 24.3. The Morgan fingerprint density at radius 1 is 0.971 bits per heavy atom. The number of β-amino-alcohol motifs (C(OH)–C–C–N with tert-alkyl or cyclic N) is 1. The van der Waals surface area contributed by atoms with E-state index in [1.165, 1.54) is 6.07 Å². The van der Waals surface area contributed by atoms with Crippen LogP contribution >= 0.6 is 0 Å². The van der Waals surface area contributed by atoms with Crippen LogP contribution in [0.25, 0.3) is 11.4 Å². The molecule has 1 atom stereocenters. The van der Waals surface area contributed by atoms with Gasteiger partial charge in [0.05, 0.1) is 6.10 Å². The Hall–Kier alpha value is -2.83. The van der Waals surface area contributed by atoms with E-state index < -0.39 is 0 Å². The molecule has 0 bridgehead atoms. The van der Waals surface area contributed by atoms with Gasteiger partial charge in [-0.05, 0) is 25.0 Å². The van der Waals surface area contributed by atoms with E-state index in [0.717, 1.165) is 68.1 Å². The summed E-state index contributed by atoms with van der Waals surface area (Å²) >= 11 is 0. The molecule has 1 saturated heterocycles. The van der Waals surface area contributed by atoms with Gasteiger partial charge in [0, 0.05) is 56.0 Å². The van der Waals surface area contributed by atoms with Crippen LogP contribution in [-0.4, -0.2) is 58.8 Å². The summed E-state index contributed by atoms with van der Waals surface area (Å²) in [6.45, 7) is 8.23. The second-order valence-electron chi connectivity index (χ2n) is 9.15. The lowest BCUT2D eigenvalue weighted by Gasteiger charge is -2.37. The number of benzene rings is 2. The second-order valence-corrected chi connectivity index (χ2v) is 9.15. The molecule has 1 aromatic heterocycles. The predicted octanol–water partition coefficient (Wildman–Crippen LogP) is 4.86.